The Hall–Kier alpha value is -2.96. The van der Waals surface area contributed by atoms with Crippen LogP contribution in [0.2, 0.25) is 0 Å². The van der Waals surface area contributed by atoms with Crippen molar-refractivity contribution in [2.75, 3.05) is 36.4 Å². The van der Waals surface area contributed by atoms with Crippen LogP contribution in [0, 0.1) is 0 Å². The van der Waals surface area contributed by atoms with Crippen molar-refractivity contribution in [2.24, 2.45) is 0 Å². The van der Waals surface area contributed by atoms with Crippen molar-refractivity contribution in [1.82, 2.24) is 14.9 Å². The zero-order valence-corrected chi connectivity index (χ0v) is 13.8. The van der Waals surface area contributed by atoms with E-state index in [1.54, 1.807) is 18.6 Å². The van der Waals surface area contributed by atoms with E-state index >= 15 is 0 Å². The molecular weight excluding hydrogens is 318 g/mol. The Kier molecular flexibility index (Phi) is 4.05. The van der Waals surface area contributed by atoms with Gasteiger partial charge in [0.1, 0.15) is 5.82 Å². The molecule has 0 saturated carbocycles. The van der Waals surface area contributed by atoms with Gasteiger partial charge >= 0.3 is 0 Å². The van der Waals surface area contributed by atoms with Gasteiger partial charge in [0, 0.05) is 50.7 Å². The predicted octanol–water partition coefficient (Wildman–Crippen LogP) is 1.25. The summed E-state index contributed by atoms with van der Waals surface area (Å²) >= 11 is 0. The van der Waals surface area contributed by atoms with Crippen molar-refractivity contribution in [2.45, 2.75) is 12.3 Å². The van der Waals surface area contributed by atoms with Crippen LogP contribution in [-0.2, 0) is 9.59 Å². The predicted molar refractivity (Wildman–Crippen MR) is 93.3 cm³/mol. The summed E-state index contributed by atoms with van der Waals surface area (Å²) in [5, 5.41) is 2.84. The SMILES string of the molecule is O=C1C[C@@H](C(=O)N2CCN(c3cnccn3)CC2)c2ccccc2N1. The molecule has 1 atom stereocenters. The number of nitrogens with zero attached hydrogens (tertiary/aromatic N) is 4. The molecule has 128 valence electrons. The molecule has 1 fully saturated rings. The van der Waals surface area contributed by atoms with E-state index in [9.17, 15) is 9.59 Å². The number of nitrogens with one attached hydrogen (secondary N) is 1. The number of piperazine rings is 1. The summed E-state index contributed by atoms with van der Waals surface area (Å²) in [7, 11) is 0. The minimum Gasteiger partial charge on any atom is -0.352 e. The van der Waals surface area contributed by atoms with Gasteiger partial charge in [-0.05, 0) is 11.6 Å². The summed E-state index contributed by atoms with van der Waals surface area (Å²) in [6.07, 6.45) is 5.26. The van der Waals surface area contributed by atoms with Crippen molar-refractivity contribution in [3.63, 3.8) is 0 Å². The Morgan fingerprint density at radius 2 is 1.92 bits per heavy atom. The lowest BCUT2D eigenvalue weighted by Gasteiger charge is -2.37. The maximum Gasteiger partial charge on any atom is 0.230 e. The van der Waals surface area contributed by atoms with Crippen molar-refractivity contribution < 1.29 is 9.59 Å². The van der Waals surface area contributed by atoms with Crippen LogP contribution in [-0.4, -0.2) is 52.9 Å². The highest BCUT2D eigenvalue weighted by Crippen LogP contribution is 2.33. The number of anilines is 2. The van der Waals surface area contributed by atoms with Crippen LogP contribution in [0.1, 0.15) is 17.9 Å². The number of aromatic nitrogens is 2. The molecule has 0 unspecified atom stereocenters. The fourth-order valence-electron chi connectivity index (χ4n) is 3.46. The molecule has 0 bridgehead atoms. The number of amides is 2. The summed E-state index contributed by atoms with van der Waals surface area (Å²) < 4.78 is 0. The first kappa shape index (κ1) is 15.6. The standard InChI is InChI=1S/C18H19N5O2/c24-17-11-14(13-3-1-2-4-15(13)21-17)18(25)23-9-7-22(8-10-23)16-12-19-5-6-20-16/h1-6,12,14H,7-11H2,(H,21,24)/t14-/m1/s1. The summed E-state index contributed by atoms with van der Waals surface area (Å²) in [6.45, 7) is 2.67. The third-order valence-corrected chi connectivity index (χ3v) is 4.76. The van der Waals surface area contributed by atoms with Gasteiger partial charge in [0.05, 0.1) is 12.1 Å². The van der Waals surface area contributed by atoms with Crippen molar-refractivity contribution in [3.8, 4) is 0 Å². The average Bonchev–Trinajstić information content (AvgIpc) is 2.67. The van der Waals surface area contributed by atoms with E-state index in [1.165, 1.54) is 0 Å². The van der Waals surface area contributed by atoms with Gasteiger partial charge in [0.15, 0.2) is 0 Å². The molecular formula is C18H19N5O2. The summed E-state index contributed by atoms with van der Waals surface area (Å²) in [5.41, 5.74) is 1.65. The van der Waals surface area contributed by atoms with Gasteiger partial charge in [-0.1, -0.05) is 18.2 Å². The second kappa shape index (κ2) is 6.51. The van der Waals surface area contributed by atoms with E-state index < -0.39 is 5.92 Å². The molecule has 7 heteroatoms. The summed E-state index contributed by atoms with van der Waals surface area (Å²) in [4.78, 5) is 37.3. The van der Waals surface area contributed by atoms with Crippen LogP contribution in [0.4, 0.5) is 11.5 Å². The Bertz CT molecular complexity index is 787. The molecule has 2 aliphatic rings. The minimum atomic E-state index is -0.395. The van der Waals surface area contributed by atoms with Gasteiger partial charge in [-0.25, -0.2) is 4.98 Å². The van der Waals surface area contributed by atoms with Crippen LogP contribution in [0.25, 0.3) is 0 Å². The first-order valence-electron chi connectivity index (χ1n) is 8.41. The highest BCUT2D eigenvalue weighted by Gasteiger charge is 2.34. The van der Waals surface area contributed by atoms with Gasteiger partial charge in [-0.15, -0.1) is 0 Å². The zero-order chi connectivity index (χ0) is 17.2. The van der Waals surface area contributed by atoms with E-state index in [4.69, 9.17) is 0 Å². The minimum absolute atomic E-state index is 0.0288. The maximum absolute atomic E-state index is 13.0. The first-order valence-corrected chi connectivity index (χ1v) is 8.41. The van der Waals surface area contributed by atoms with Gasteiger partial charge in [0.25, 0.3) is 0 Å². The molecule has 3 heterocycles. The number of para-hydroxylation sites is 1. The van der Waals surface area contributed by atoms with E-state index in [1.807, 2.05) is 29.2 Å². The number of carbonyl (C=O) groups excluding carboxylic acids is 2. The third-order valence-electron chi connectivity index (χ3n) is 4.76. The fraction of sp³-hybridized carbons (Fsp3) is 0.333. The van der Waals surface area contributed by atoms with Gasteiger partial charge in [0.2, 0.25) is 11.8 Å². The molecule has 1 saturated heterocycles. The topological polar surface area (TPSA) is 78.4 Å². The first-order chi connectivity index (χ1) is 12.2. The monoisotopic (exact) mass is 337 g/mol. The Balaban J connectivity index is 1.47. The van der Waals surface area contributed by atoms with Crippen LogP contribution in [0.3, 0.4) is 0 Å². The number of carbonyl (C=O) groups is 2. The average molecular weight is 337 g/mol. The molecule has 0 spiro atoms. The van der Waals surface area contributed by atoms with Gasteiger partial charge < -0.3 is 15.1 Å². The zero-order valence-electron chi connectivity index (χ0n) is 13.8. The van der Waals surface area contributed by atoms with Crippen molar-refractivity contribution >= 4 is 23.3 Å². The molecule has 1 aromatic carbocycles. The molecule has 0 radical (unpaired) electrons. The number of hydrogen-bond donors (Lipinski definition) is 1. The smallest absolute Gasteiger partial charge is 0.230 e. The lowest BCUT2D eigenvalue weighted by Crippen LogP contribution is -2.51. The van der Waals surface area contributed by atoms with E-state index in [-0.39, 0.29) is 18.2 Å². The molecule has 25 heavy (non-hydrogen) atoms. The largest absolute Gasteiger partial charge is 0.352 e. The second-order valence-corrected chi connectivity index (χ2v) is 6.27. The van der Waals surface area contributed by atoms with E-state index in [0.717, 1.165) is 17.1 Å². The summed E-state index contributed by atoms with van der Waals surface area (Å²) in [5.74, 6) is 0.362. The molecule has 0 aliphatic carbocycles. The fourth-order valence-corrected chi connectivity index (χ4v) is 3.46. The molecule has 1 aromatic heterocycles. The highest BCUT2D eigenvalue weighted by molar-refractivity contribution is 6.01. The van der Waals surface area contributed by atoms with Crippen LogP contribution < -0.4 is 10.2 Å². The summed E-state index contributed by atoms with van der Waals surface area (Å²) in [6, 6.07) is 7.54. The Morgan fingerprint density at radius 3 is 2.68 bits per heavy atom. The molecule has 4 rings (SSSR count). The molecule has 1 N–H and O–H groups in total. The van der Waals surface area contributed by atoms with E-state index in [2.05, 4.69) is 20.2 Å². The number of hydrogen-bond acceptors (Lipinski definition) is 5. The Morgan fingerprint density at radius 1 is 1.12 bits per heavy atom. The van der Waals surface area contributed by atoms with Gasteiger partial charge in [-0.2, -0.15) is 0 Å². The van der Waals surface area contributed by atoms with Crippen LogP contribution >= 0.6 is 0 Å². The normalized spacial score (nSPS) is 20.0. The molecule has 7 nitrogen and oxygen atoms in total. The number of benzene rings is 1. The van der Waals surface area contributed by atoms with Crippen molar-refractivity contribution in [3.05, 3.63) is 48.4 Å². The maximum atomic E-state index is 13.0. The number of fused-ring (bicyclic) bond motifs is 1. The van der Waals surface area contributed by atoms with Crippen LogP contribution in [0.15, 0.2) is 42.9 Å². The van der Waals surface area contributed by atoms with Gasteiger partial charge in [-0.3, -0.25) is 14.6 Å². The molecule has 2 aromatic rings. The molecule has 2 aliphatic heterocycles. The lowest BCUT2D eigenvalue weighted by molar-refractivity contribution is -0.135. The highest BCUT2D eigenvalue weighted by atomic mass is 16.2. The third kappa shape index (κ3) is 3.05. The second-order valence-electron chi connectivity index (χ2n) is 6.27. The quantitative estimate of drug-likeness (QED) is 0.892. The number of rotatable bonds is 2. The Labute approximate surface area is 145 Å². The van der Waals surface area contributed by atoms with Crippen molar-refractivity contribution in [1.29, 1.82) is 0 Å². The lowest BCUT2D eigenvalue weighted by atomic mass is 9.89. The molecule has 2 amide bonds. The van der Waals surface area contributed by atoms with E-state index in [0.29, 0.717) is 26.2 Å². The van der Waals surface area contributed by atoms with Crippen LogP contribution in [0.5, 0.6) is 0 Å².